The van der Waals surface area contributed by atoms with E-state index in [0.717, 1.165) is 0 Å². The molecular formula is C9H7O4-. The van der Waals surface area contributed by atoms with Crippen LogP contribution in [0.5, 0.6) is 5.75 Å². The van der Waals surface area contributed by atoms with Gasteiger partial charge in [-0.15, -0.1) is 0 Å². The molecule has 0 aliphatic carbocycles. The van der Waals surface area contributed by atoms with Crippen molar-refractivity contribution in [3.8, 4) is 5.75 Å². The Labute approximate surface area is 74.8 Å². The number of carbonyl (C=O) groups is 2. The predicted octanol–water partition coefficient (Wildman–Crippen LogP) is -0.268. The Morgan fingerprint density at radius 2 is 1.85 bits per heavy atom. The molecule has 0 saturated heterocycles. The summed E-state index contributed by atoms with van der Waals surface area (Å²) in [5.41, 5.74) is 0. The number of carboxylic acid groups (broad SMARTS) is 1. The summed E-state index contributed by atoms with van der Waals surface area (Å²) < 4.78 is 4.67. The highest BCUT2D eigenvalue weighted by Crippen LogP contribution is 2.08. The quantitative estimate of drug-likeness (QED) is 0.364. The van der Waals surface area contributed by atoms with Gasteiger partial charge >= 0.3 is 5.97 Å². The van der Waals surface area contributed by atoms with E-state index in [9.17, 15) is 14.7 Å². The largest absolute Gasteiger partial charge is 0.550 e. The van der Waals surface area contributed by atoms with Crippen molar-refractivity contribution in [3.63, 3.8) is 0 Å². The lowest BCUT2D eigenvalue weighted by Gasteiger charge is -2.03. The molecule has 0 N–H and O–H groups in total. The number of esters is 1. The lowest BCUT2D eigenvalue weighted by molar-refractivity contribution is -0.304. The number of para-hydroxylation sites is 1. The molecule has 4 heteroatoms. The Kier molecular flexibility index (Phi) is 3.03. The Bertz CT molecular complexity index is 305. The van der Waals surface area contributed by atoms with E-state index in [1.54, 1.807) is 30.3 Å². The molecule has 0 radical (unpaired) electrons. The minimum Gasteiger partial charge on any atom is -0.550 e. The van der Waals surface area contributed by atoms with Crippen molar-refractivity contribution >= 4 is 11.9 Å². The van der Waals surface area contributed by atoms with E-state index < -0.39 is 18.4 Å². The zero-order valence-electron chi connectivity index (χ0n) is 6.73. The summed E-state index contributed by atoms with van der Waals surface area (Å²) in [5, 5.41) is 9.99. The third-order valence-electron chi connectivity index (χ3n) is 1.26. The van der Waals surface area contributed by atoms with Crippen LogP contribution >= 0.6 is 0 Å². The summed E-state index contributed by atoms with van der Waals surface area (Å²) in [6.07, 6.45) is -0.727. The van der Waals surface area contributed by atoms with Crippen LogP contribution in [0.25, 0.3) is 0 Å². The Morgan fingerprint density at radius 3 is 2.38 bits per heavy atom. The van der Waals surface area contributed by atoms with E-state index in [-0.39, 0.29) is 0 Å². The third kappa shape index (κ3) is 3.37. The summed E-state index contributed by atoms with van der Waals surface area (Å²) >= 11 is 0. The zero-order valence-corrected chi connectivity index (χ0v) is 6.73. The second-order valence-corrected chi connectivity index (χ2v) is 2.34. The van der Waals surface area contributed by atoms with E-state index in [1.165, 1.54) is 0 Å². The monoisotopic (exact) mass is 179 g/mol. The first-order valence-electron chi connectivity index (χ1n) is 3.64. The second kappa shape index (κ2) is 4.25. The smallest absolute Gasteiger partial charge is 0.316 e. The van der Waals surface area contributed by atoms with Crippen LogP contribution in [0, 0.1) is 0 Å². The Balaban J connectivity index is 2.50. The van der Waals surface area contributed by atoms with E-state index in [2.05, 4.69) is 4.74 Å². The summed E-state index contributed by atoms with van der Waals surface area (Å²) in [7, 11) is 0. The van der Waals surface area contributed by atoms with Gasteiger partial charge in [-0.25, -0.2) is 0 Å². The standard InChI is InChI=1S/C9H8O4/c10-8(11)6-9(12)13-7-4-2-1-3-5-7/h1-5H,6H2,(H,10,11)/p-1. The maximum Gasteiger partial charge on any atom is 0.316 e. The Hall–Kier alpha value is -1.84. The lowest BCUT2D eigenvalue weighted by Crippen LogP contribution is -2.27. The molecule has 0 atom stereocenters. The van der Waals surface area contributed by atoms with Crippen LogP contribution in [-0.2, 0) is 9.59 Å². The van der Waals surface area contributed by atoms with Gasteiger partial charge in [0.1, 0.15) is 5.75 Å². The summed E-state index contributed by atoms with van der Waals surface area (Å²) in [4.78, 5) is 20.8. The summed E-state index contributed by atoms with van der Waals surface area (Å²) in [6.45, 7) is 0. The fourth-order valence-electron chi connectivity index (χ4n) is 0.774. The predicted molar refractivity (Wildman–Crippen MR) is 41.7 cm³/mol. The molecule has 0 aromatic heterocycles. The number of rotatable bonds is 3. The van der Waals surface area contributed by atoms with Gasteiger partial charge in [-0.1, -0.05) is 18.2 Å². The van der Waals surface area contributed by atoms with Crippen LogP contribution in [0.3, 0.4) is 0 Å². The molecule has 1 rings (SSSR count). The molecule has 1 aromatic carbocycles. The lowest BCUT2D eigenvalue weighted by atomic mass is 10.3. The number of carbonyl (C=O) groups excluding carboxylic acids is 2. The van der Waals surface area contributed by atoms with Crippen molar-refractivity contribution in [1.82, 2.24) is 0 Å². The topological polar surface area (TPSA) is 66.4 Å². The van der Waals surface area contributed by atoms with E-state index in [4.69, 9.17) is 0 Å². The molecule has 13 heavy (non-hydrogen) atoms. The molecule has 0 amide bonds. The van der Waals surface area contributed by atoms with E-state index in [0.29, 0.717) is 5.75 Å². The van der Waals surface area contributed by atoms with Crippen LogP contribution in [0.1, 0.15) is 6.42 Å². The molecule has 0 spiro atoms. The molecule has 1 aromatic rings. The number of carboxylic acids is 1. The SMILES string of the molecule is O=C([O-])CC(=O)Oc1ccccc1. The molecule has 0 unspecified atom stereocenters. The molecule has 0 heterocycles. The average molecular weight is 179 g/mol. The maximum absolute atomic E-state index is 10.8. The van der Waals surface area contributed by atoms with E-state index in [1.807, 2.05) is 0 Å². The third-order valence-corrected chi connectivity index (χ3v) is 1.26. The fraction of sp³-hybridized carbons (Fsp3) is 0.111. The van der Waals surface area contributed by atoms with Gasteiger partial charge in [0.2, 0.25) is 0 Å². The normalized spacial score (nSPS) is 9.23. The number of hydrogen-bond acceptors (Lipinski definition) is 4. The van der Waals surface area contributed by atoms with Gasteiger partial charge in [-0.3, -0.25) is 4.79 Å². The number of hydrogen-bond donors (Lipinski definition) is 0. The zero-order chi connectivity index (χ0) is 9.68. The van der Waals surface area contributed by atoms with E-state index >= 15 is 0 Å². The van der Waals surface area contributed by atoms with Crippen molar-refractivity contribution in [2.75, 3.05) is 0 Å². The van der Waals surface area contributed by atoms with Crippen LogP contribution in [0.4, 0.5) is 0 Å². The highest BCUT2D eigenvalue weighted by molar-refractivity contribution is 5.90. The average Bonchev–Trinajstić information content (AvgIpc) is 2.04. The van der Waals surface area contributed by atoms with Crippen molar-refractivity contribution in [2.45, 2.75) is 6.42 Å². The number of ether oxygens (including phenoxy) is 1. The fourth-order valence-corrected chi connectivity index (χ4v) is 0.774. The molecule has 4 nitrogen and oxygen atoms in total. The van der Waals surface area contributed by atoms with Gasteiger partial charge in [-0.05, 0) is 12.1 Å². The molecule has 0 saturated carbocycles. The van der Waals surface area contributed by atoms with Crippen LogP contribution in [-0.4, -0.2) is 11.9 Å². The van der Waals surface area contributed by atoms with Crippen LogP contribution in [0.15, 0.2) is 30.3 Å². The first kappa shape index (κ1) is 9.25. The highest BCUT2D eigenvalue weighted by Gasteiger charge is 2.03. The van der Waals surface area contributed by atoms with Gasteiger partial charge in [0.25, 0.3) is 0 Å². The number of aliphatic carboxylic acids is 1. The first-order chi connectivity index (χ1) is 6.18. The van der Waals surface area contributed by atoms with Crippen molar-refractivity contribution < 1.29 is 19.4 Å². The van der Waals surface area contributed by atoms with Gasteiger partial charge < -0.3 is 14.6 Å². The molecular weight excluding hydrogens is 172 g/mol. The molecule has 68 valence electrons. The second-order valence-electron chi connectivity index (χ2n) is 2.34. The summed E-state index contributed by atoms with van der Waals surface area (Å²) in [5.74, 6) is -1.94. The number of benzene rings is 1. The maximum atomic E-state index is 10.8. The molecule has 0 aliphatic heterocycles. The molecule has 0 bridgehead atoms. The molecule has 0 fully saturated rings. The van der Waals surface area contributed by atoms with Crippen molar-refractivity contribution in [3.05, 3.63) is 30.3 Å². The van der Waals surface area contributed by atoms with Gasteiger partial charge in [0, 0.05) is 0 Å². The highest BCUT2D eigenvalue weighted by atomic mass is 16.5. The first-order valence-corrected chi connectivity index (χ1v) is 3.64. The van der Waals surface area contributed by atoms with Gasteiger partial charge in [0.15, 0.2) is 0 Å². The van der Waals surface area contributed by atoms with Crippen molar-refractivity contribution in [2.24, 2.45) is 0 Å². The van der Waals surface area contributed by atoms with Crippen molar-refractivity contribution in [1.29, 1.82) is 0 Å². The van der Waals surface area contributed by atoms with Gasteiger partial charge in [-0.2, -0.15) is 0 Å². The minimum atomic E-state index is -1.44. The molecule has 0 aliphatic rings. The summed E-state index contributed by atoms with van der Waals surface area (Å²) in [6, 6.07) is 8.25. The minimum absolute atomic E-state index is 0.328. The van der Waals surface area contributed by atoms with Crippen LogP contribution in [0.2, 0.25) is 0 Å². The van der Waals surface area contributed by atoms with Gasteiger partial charge in [0.05, 0.1) is 12.4 Å². The Morgan fingerprint density at radius 1 is 1.23 bits per heavy atom. The van der Waals surface area contributed by atoms with Crippen LogP contribution < -0.4 is 9.84 Å².